The third-order valence-electron chi connectivity index (χ3n) is 3.72. The molecule has 0 aliphatic carbocycles. The van der Waals surface area contributed by atoms with Gasteiger partial charge >= 0.3 is 7.60 Å². The molecule has 0 aromatic heterocycles. The van der Waals surface area contributed by atoms with Crippen molar-refractivity contribution in [3.05, 3.63) is 67.8 Å². The molecule has 0 aliphatic heterocycles. The maximum absolute atomic E-state index is 12.8. The Morgan fingerprint density at radius 1 is 0.885 bits per heavy atom. The van der Waals surface area contributed by atoms with Gasteiger partial charge in [0.25, 0.3) is 0 Å². The maximum atomic E-state index is 12.8. The summed E-state index contributed by atoms with van der Waals surface area (Å²) in [6.07, 6.45) is 4.49. The zero-order valence-corrected chi connectivity index (χ0v) is 18.8. The molecule has 0 amide bonds. The highest BCUT2D eigenvalue weighted by molar-refractivity contribution is 14.1. The Bertz CT molecular complexity index is 800. The van der Waals surface area contributed by atoms with Crippen LogP contribution in [0.1, 0.15) is 41.7 Å². The van der Waals surface area contributed by atoms with Crippen LogP contribution < -0.4 is 0 Å². The molecule has 26 heavy (non-hydrogen) atoms. The minimum atomic E-state index is -3.10. The molecule has 140 valence electrons. The fourth-order valence-corrected chi connectivity index (χ4v) is 5.34. The lowest BCUT2D eigenvalue weighted by Gasteiger charge is -2.17. The molecule has 0 heterocycles. The number of rotatable bonds is 8. The van der Waals surface area contributed by atoms with E-state index < -0.39 is 7.60 Å². The highest BCUT2D eigenvalue weighted by Crippen LogP contribution is 2.51. The molecular weight excluding hydrogens is 458 g/mol. The van der Waals surface area contributed by atoms with E-state index in [-0.39, 0.29) is 6.16 Å². The fourth-order valence-electron chi connectivity index (χ4n) is 2.91. The summed E-state index contributed by atoms with van der Waals surface area (Å²) in [5.41, 5.74) is 5.72. The lowest BCUT2D eigenvalue weighted by molar-refractivity contribution is 0.219. The summed E-state index contributed by atoms with van der Waals surface area (Å²) in [4.78, 5) is 0. The van der Waals surface area contributed by atoms with E-state index in [1.54, 1.807) is 0 Å². The van der Waals surface area contributed by atoms with Gasteiger partial charge in [0.05, 0.1) is 19.4 Å². The summed E-state index contributed by atoms with van der Waals surface area (Å²) in [6, 6.07) is 12.7. The highest BCUT2D eigenvalue weighted by Gasteiger charge is 2.24. The van der Waals surface area contributed by atoms with Crippen LogP contribution in [-0.2, 0) is 19.8 Å². The van der Waals surface area contributed by atoms with Gasteiger partial charge in [-0.25, -0.2) is 0 Å². The Kier molecular flexibility index (Phi) is 8.08. The monoisotopic (exact) mass is 484 g/mol. The van der Waals surface area contributed by atoms with Crippen LogP contribution in [-0.4, -0.2) is 13.2 Å². The van der Waals surface area contributed by atoms with Crippen molar-refractivity contribution in [2.75, 3.05) is 13.2 Å². The molecule has 0 bridgehead atoms. The molecule has 2 rings (SSSR count). The van der Waals surface area contributed by atoms with Crippen molar-refractivity contribution >= 4 is 42.3 Å². The van der Waals surface area contributed by atoms with E-state index >= 15 is 0 Å². The molecule has 0 radical (unpaired) electrons. The Morgan fingerprint density at radius 3 is 1.96 bits per heavy atom. The first-order valence-electron chi connectivity index (χ1n) is 8.77. The molecule has 2 aromatic carbocycles. The third-order valence-corrected chi connectivity index (χ3v) is 6.40. The van der Waals surface area contributed by atoms with Crippen molar-refractivity contribution in [1.29, 1.82) is 0 Å². The number of hydrogen-bond acceptors (Lipinski definition) is 3. The SMILES string of the molecule is CCOP(=O)(Cc1cc(I)cc(/C=C/c2cc(C)cc(C)c2)c1)OCC. The van der Waals surface area contributed by atoms with Gasteiger partial charge in [0.15, 0.2) is 0 Å². The quantitative estimate of drug-likeness (QED) is 0.234. The van der Waals surface area contributed by atoms with Gasteiger partial charge < -0.3 is 9.05 Å². The first-order chi connectivity index (χ1) is 12.3. The van der Waals surface area contributed by atoms with Crippen molar-refractivity contribution in [3.8, 4) is 0 Å². The van der Waals surface area contributed by atoms with E-state index in [0.717, 1.165) is 14.7 Å². The number of benzene rings is 2. The van der Waals surface area contributed by atoms with Crippen molar-refractivity contribution in [1.82, 2.24) is 0 Å². The summed E-state index contributed by atoms with van der Waals surface area (Å²) in [5.74, 6) is 0. The topological polar surface area (TPSA) is 35.5 Å². The second-order valence-corrected chi connectivity index (χ2v) is 9.55. The molecule has 0 N–H and O–H groups in total. The van der Waals surface area contributed by atoms with E-state index in [2.05, 4.69) is 72.9 Å². The van der Waals surface area contributed by atoms with Crippen molar-refractivity contribution < 1.29 is 13.6 Å². The summed E-state index contributed by atoms with van der Waals surface area (Å²) in [6.45, 7) is 8.62. The zero-order valence-electron chi connectivity index (χ0n) is 15.8. The molecule has 0 unspecified atom stereocenters. The van der Waals surface area contributed by atoms with Crippen LogP contribution in [0.3, 0.4) is 0 Å². The van der Waals surface area contributed by atoms with Crippen molar-refractivity contribution in [2.45, 2.75) is 33.9 Å². The molecule has 0 atom stereocenters. The summed E-state index contributed by atoms with van der Waals surface area (Å²) in [7, 11) is -3.10. The molecule has 0 saturated heterocycles. The van der Waals surface area contributed by atoms with Crippen LogP contribution in [0.4, 0.5) is 0 Å². The van der Waals surface area contributed by atoms with E-state index in [9.17, 15) is 4.57 Å². The van der Waals surface area contributed by atoms with Crippen molar-refractivity contribution in [2.24, 2.45) is 0 Å². The molecule has 0 fully saturated rings. The smallest absolute Gasteiger partial charge is 0.309 e. The number of aryl methyl sites for hydroxylation is 2. The minimum Gasteiger partial charge on any atom is -0.309 e. The van der Waals surface area contributed by atoms with E-state index in [4.69, 9.17) is 9.05 Å². The minimum absolute atomic E-state index is 0.288. The van der Waals surface area contributed by atoms with E-state index in [1.165, 1.54) is 16.7 Å². The molecule has 3 nitrogen and oxygen atoms in total. The number of hydrogen-bond donors (Lipinski definition) is 0. The van der Waals surface area contributed by atoms with Gasteiger partial charge in [-0.1, -0.05) is 47.5 Å². The van der Waals surface area contributed by atoms with Crippen molar-refractivity contribution in [3.63, 3.8) is 0 Å². The molecule has 0 spiro atoms. The number of halogens is 1. The van der Waals surface area contributed by atoms with Gasteiger partial charge in [0, 0.05) is 3.57 Å². The molecule has 0 saturated carbocycles. The van der Waals surface area contributed by atoms with Gasteiger partial charge in [-0.15, -0.1) is 0 Å². The second-order valence-electron chi connectivity index (χ2n) is 6.25. The Morgan fingerprint density at radius 2 is 1.42 bits per heavy atom. The predicted octanol–water partition coefficient (Wildman–Crippen LogP) is 6.84. The highest BCUT2D eigenvalue weighted by atomic mass is 127. The van der Waals surface area contributed by atoms with Crippen LogP contribution in [0.25, 0.3) is 12.2 Å². The van der Waals surface area contributed by atoms with Crippen LogP contribution in [0, 0.1) is 17.4 Å². The van der Waals surface area contributed by atoms with Crippen LogP contribution in [0.2, 0.25) is 0 Å². The summed E-state index contributed by atoms with van der Waals surface area (Å²) in [5, 5.41) is 0. The van der Waals surface area contributed by atoms with Gasteiger partial charge in [-0.3, -0.25) is 4.57 Å². The summed E-state index contributed by atoms with van der Waals surface area (Å²) < 4.78 is 24.7. The first kappa shape index (κ1) is 21.4. The van der Waals surface area contributed by atoms with E-state index in [1.807, 2.05) is 26.0 Å². The fraction of sp³-hybridized carbons (Fsp3) is 0.333. The summed E-state index contributed by atoms with van der Waals surface area (Å²) >= 11 is 2.29. The Hall–Kier alpha value is -0.940. The average molecular weight is 484 g/mol. The second kappa shape index (κ2) is 9.84. The maximum Gasteiger partial charge on any atom is 0.335 e. The van der Waals surface area contributed by atoms with E-state index in [0.29, 0.717) is 13.2 Å². The van der Waals surface area contributed by atoms with Gasteiger partial charge in [-0.2, -0.15) is 0 Å². The van der Waals surface area contributed by atoms with Gasteiger partial charge in [-0.05, 0) is 79.1 Å². The molecular formula is C21H26IO3P. The Balaban J connectivity index is 2.26. The standard InChI is InChI=1S/C21H26IO3P/c1-5-24-26(23,25-6-2)15-20-12-19(13-21(22)14-20)8-7-18-10-16(3)9-17(4)11-18/h7-14H,5-6,15H2,1-4H3/b8-7+. The molecule has 5 heteroatoms. The predicted molar refractivity (Wildman–Crippen MR) is 119 cm³/mol. The van der Waals surface area contributed by atoms with Crippen LogP contribution in [0.5, 0.6) is 0 Å². The largest absolute Gasteiger partial charge is 0.335 e. The molecule has 0 aliphatic rings. The zero-order chi connectivity index (χ0) is 19.2. The van der Waals surface area contributed by atoms with Gasteiger partial charge in [0.2, 0.25) is 0 Å². The first-order valence-corrected chi connectivity index (χ1v) is 11.6. The third kappa shape index (κ3) is 6.66. The molecule has 2 aromatic rings. The Labute approximate surface area is 170 Å². The lowest BCUT2D eigenvalue weighted by atomic mass is 10.1. The van der Waals surface area contributed by atoms with Crippen LogP contribution >= 0.6 is 30.2 Å². The average Bonchev–Trinajstić information content (AvgIpc) is 2.51. The normalized spacial score (nSPS) is 12.0. The lowest BCUT2D eigenvalue weighted by Crippen LogP contribution is -1.99. The van der Waals surface area contributed by atoms with Crippen LogP contribution in [0.15, 0.2) is 36.4 Å². The van der Waals surface area contributed by atoms with Gasteiger partial charge in [0.1, 0.15) is 0 Å².